The van der Waals surface area contributed by atoms with Crippen molar-refractivity contribution in [1.29, 1.82) is 0 Å². The minimum Gasteiger partial charge on any atom is -0.508 e. The Morgan fingerprint density at radius 1 is 1.00 bits per heavy atom. The van der Waals surface area contributed by atoms with Crippen molar-refractivity contribution < 1.29 is 19.4 Å². The van der Waals surface area contributed by atoms with Crippen LogP contribution in [-0.2, 0) is 16.1 Å². The standard InChI is InChI=1S/C27H30N4O4/c28-21-12-13-30(17-21)27(34)19-31(18-26(33)29-16-20-6-4-8-23(32)14-20)22-7-5-11-25(15-22)35-24-9-2-1-3-10-24/h1-11,14-15,21,32H,12-13,16-19,28H2,(H,29,33). The van der Waals surface area contributed by atoms with Crippen LogP contribution in [-0.4, -0.2) is 54.0 Å². The number of benzene rings is 3. The van der Waals surface area contributed by atoms with Gasteiger partial charge in [-0.15, -0.1) is 0 Å². The molecule has 1 aliphatic rings. The molecule has 0 aliphatic carbocycles. The number of nitrogens with two attached hydrogens (primary N) is 1. The van der Waals surface area contributed by atoms with Gasteiger partial charge in [-0.05, 0) is 48.4 Å². The Bertz CT molecular complexity index is 1150. The van der Waals surface area contributed by atoms with Gasteiger partial charge in [-0.25, -0.2) is 0 Å². The number of likely N-dealkylation sites (tertiary alicyclic amines) is 1. The number of phenolic OH excluding ortho intramolecular Hbond substituents is 1. The van der Waals surface area contributed by atoms with Crippen molar-refractivity contribution in [2.75, 3.05) is 31.1 Å². The molecular formula is C27H30N4O4. The van der Waals surface area contributed by atoms with Crippen molar-refractivity contribution in [2.24, 2.45) is 5.73 Å². The van der Waals surface area contributed by atoms with E-state index in [4.69, 9.17) is 10.5 Å². The molecule has 8 heteroatoms. The van der Waals surface area contributed by atoms with Gasteiger partial charge in [-0.1, -0.05) is 36.4 Å². The second-order valence-electron chi connectivity index (χ2n) is 8.60. The van der Waals surface area contributed by atoms with E-state index >= 15 is 0 Å². The summed E-state index contributed by atoms with van der Waals surface area (Å²) in [6.07, 6.45) is 0.774. The number of carbonyl (C=O) groups is 2. The molecule has 1 saturated heterocycles. The number of aromatic hydroxyl groups is 1. The lowest BCUT2D eigenvalue weighted by molar-refractivity contribution is -0.128. The normalized spacial score (nSPS) is 15.0. The Morgan fingerprint density at radius 2 is 1.77 bits per heavy atom. The molecule has 1 heterocycles. The Labute approximate surface area is 204 Å². The van der Waals surface area contributed by atoms with E-state index in [1.807, 2.05) is 60.7 Å². The highest BCUT2D eigenvalue weighted by molar-refractivity contribution is 5.86. The summed E-state index contributed by atoms with van der Waals surface area (Å²) in [7, 11) is 0. The highest BCUT2D eigenvalue weighted by Gasteiger charge is 2.26. The van der Waals surface area contributed by atoms with E-state index in [-0.39, 0.29) is 43.2 Å². The fourth-order valence-corrected chi connectivity index (χ4v) is 3.98. The van der Waals surface area contributed by atoms with Gasteiger partial charge in [0.1, 0.15) is 17.2 Å². The fourth-order valence-electron chi connectivity index (χ4n) is 3.98. The molecule has 0 spiro atoms. The first-order valence-electron chi connectivity index (χ1n) is 11.6. The van der Waals surface area contributed by atoms with Crippen LogP contribution in [0.5, 0.6) is 17.2 Å². The minimum absolute atomic E-state index is 0.0133. The molecule has 4 rings (SSSR count). The molecule has 1 unspecified atom stereocenters. The van der Waals surface area contributed by atoms with Crippen LogP contribution in [0.15, 0.2) is 78.9 Å². The summed E-state index contributed by atoms with van der Waals surface area (Å²) in [5.41, 5.74) is 7.46. The molecule has 8 nitrogen and oxygen atoms in total. The molecule has 35 heavy (non-hydrogen) atoms. The zero-order chi connectivity index (χ0) is 24.6. The number of nitrogens with zero attached hydrogens (tertiary/aromatic N) is 2. The first kappa shape index (κ1) is 24.1. The van der Waals surface area contributed by atoms with Gasteiger partial charge in [-0.2, -0.15) is 0 Å². The van der Waals surface area contributed by atoms with Gasteiger partial charge in [0.05, 0.1) is 13.1 Å². The summed E-state index contributed by atoms with van der Waals surface area (Å²) in [5, 5.41) is 12.5. The van der Waals surface area contributed by atoms with E-state index in [1.165, 1.54) is 0 Å². The third-order valence-electron chi connectivity index (χ3n) is 5.80. The highest BCUT2D eigenvalue weighted by Crippen LogP contribution is 2.26. The van der Waals surface area contributed by atoms with Crippen LogP contribution in [0.2, 0.25) is 0 Å². The van der Waals surface area contributed by atoms with Crippen LogP contribution in [0.4, 0.5) is 5.69 Å². The number of carbonyl (C=O) groups excluding carboxylic acids is 2. The molecule has 0 radical (unpaired) electrons. The quantitative estimate of drug-likeness (QED) is 0.440. The zero-order valence-electron chi connectivity index (χ0n) is 19.5. The number of hydrogen-bond donors (Lipinski definition) is 3. The topological polar surface area (TPSA) is 108 Å². The Kier molecular flexibility index (Phi) is 7.84. The van der Waals surface area contributed by atoms with Crippen molar-refractivity contribution in [2.45, 2.75) is 19.0 Å². The van der Waals surface area contributed by atoms with Crippen molar-refractivity contribution in [3.05, 3.63) is 84.4 Å². The summed E-state index contributed by atoms with van der Waals surface area (Å²) >= 11 is 0. The van der Waals surface area contributed by atoms with Gasteiger partial charge in [0.15, 0.2) is 0 Å². The second-order valence-corrected chi connectivity index (χ2v) is 8.60. The van der Waals surface area contributed by atoms with Gasteiger partial charge in [0.2, 0.25) is 11.8 Å². The van der Waals surface area contributed by atoms with Crippen LogP contribution >= 0.6 is 0 Å². The minimum atomic E-state index is -0.242. The van der Waals surface area contributed by atoms with E-state index in [0.29, 0.717) is 30.3 Å². The van der Waals surface area contributed by atoms with Gasteiger partial charge in [0.25, 0.3) is 0 Å². The first-order chi connectivity index (χ1) is 17.0. The number of ether oxygens (including phenoxy) is 1. The van der Waals surface area contributed by atoms with Crippen molar-refractivity contribution >= 4 is 17.5 Å². The molecular weight excluding hydrogens is 444 g/mol. The molecule has 2 amide bonds. The number of para-hydroxylation sites is 1. The Balaban J connectivity index is 1.48. The van der Waals surface area contributed by atoms with Crippen molar-refractivity contribution in [3.63, 3.8) is 0 Å². The molecule has 3 aromatic rings. The van der Waals surface area contributed by atoms with E-state index in [2.05, 4.69) is 5.32 Å². The molecule has 0 saturated carbocycles. The Hall–Kier alpha value is -4.04. The third-order valence-corrected chi connectivity index (χ3v) is 5.80. The molecule has 182 valence electrons. The lowest BCUT2D eigenvalue weighted by Gasteiger charge is -2.27. The lowest BCUT2D eigenvalue weighted by Crippen LogP contribution is -2.44. The van der Waals surface area contributed by atoms with E-state index < -0.39 is 0 Å². The molecule has 1 aliphatic heterocycles. The maximum Gasteiger partial charge on any atom is 0.242 e. The smallest absolute Gasteiger partial charge is 0.242 e. The van der Waals surface area contributed by atoms with Crippen molar-refractivity contribution in [3.8, 4) is 17.2 Å². The summed E-state index contributed by atoms with van der Waals surface area (Å²) in [6.45, 7) is 1.44. The van der Waals surface area contributed by atoms with E-state index in [9.17, 15) is 14.7 Å². The number of nitrogens with one attached hydrogen (secondary N) is 1. The van der Waals surface area contributed by atoms with Gasteiger partial charge >= 0.3 is 0 Å². The van der Waals surface area contributed by atoms with Gasteiger partial charge in [-0.3, -0.25) is 9.59 Å². The summed E-state index contributed by atoms with van der Waals surface area (Å²) in [6, 6.07) is 23.5. The lowest BCUT2D eigenvalue weighted by atomic mass is 10.2. The fraction of sp³-hybridized carbons (Fsp3) is 0.259. The monoisotopic (exact) mass is 474 g/mol. The molecule has 3 aromatic carbocycles. The van der Waals surface area contributed by atoms with Crippen LogP contribution in [0.25, 0.3) is 0 Å². The van der Waals surface area contributed by atoms with Crippen LogP contribution < -0.4 is 20.7 Å². The van der Waals surface area contributed by atoms with Gasteiger partial charge in [0, 0.05) is 37.4 Å². The van der Waals surface area contributed by atoms with Crippen LogP contribution in [0.3, 0.4) is 0 Å². The molecule has 1 fully saturated rings. The first-order valence-corrected chi connectivity index (χ1v) is 11.6. The van der Waals surface area contributed by atoms with Crippen LogP contribution in [0.1, 0.15) is 12.0 Å². The molecule has 4 N–H and O–H groups in total. The number of amides is 2. The average Bonchev–Trinajstić information content (AvgIpc) is 3.30. The predicted octanol–water partition coefficient (Wildman–Crippen LogP) is 2.87. The Morgan fingerprint density at radius 3 is 2.51 bits per heavy atom. The summed E-state index contributed by atoms with van der Waals surface area (Å²) in [4.78, 5) is 29.3. The zero-order valence-corrected chi connectivity index (χ0v) is 19.5. The largest absolute Gasteiger partial charge is 0.508 e. The maximum atomic E-state index is 13.0. The highest BCUT2D eigenvalue weighted by atomic mass is 16.5. The molecule has 0 aromatic heterocycles. The summed E-state index contributed by atoms with van der Waals surface area (Å²) < 4.78 is 5.95. The maximum absolute atomic E-state index is 13.0. The molecule has 0 bridgehead atoms. The number of rotatable bonds is 9. The number of anilines is 1. The average molecular weight is 475 g/mol. The molecule has 1 atom stereocenters. The van der Waals surface area contributed by atoms with E-state index in [0.717, 1.165) is 12.0 Å². The predicted molar refractivity (Wildman–Crippen MR) is 134 cm³/mol. The van der Waals surface area contributed by atoms with Crippen LogP contribution in [0, 0.1) is 0 Å². The third kappa shape index (κ3) is 6.97. The second kappa shape index (κ2) is 11.4. The van der Waals surface area contributed by atoms with Crippen molar-refractivity contribution in [1.82, 2.24) is 10.2 Å². The summed E-state index contributed by atoms with van der Waals surface area (Å²) in [5.74, 6) is 1.13. The number of phenols is 1. The number of hydrogen-bond acceptors (Lipinski definition) is 6. The SMILES string of the molecule is NC1CCN(C(=O)CN(CC(=O)NCc2cccc(O)c2)c2cccc(Oc3ccccc3)c2)C1. The van der Waals surface area contributed by atoms with E-state index in [1.54, 1.807) is 28.0 Å². The van der Waals surface area contributed by atoms with Gasteiger partial charge < -0.3 is 30.7 Å².